The maximum Gasteiger partial charge on any atom is 0.225 e. The molecule has 1 aromatic heterocycles. The van der Waals surface area contributed by atoms with Crippen LogP contribution in [0.2, 0.25) is 0 Å². The van der Waals surface area contributed by atoms with Crippen molar-refractivity contribution in [1.82, 2.24) is 9.97 Å². The molecule has 0 N–H and O–H groups in total. The SMILES string of the molecule is Fc1cnc(N2CCC(CCBr)C2)nc1. The molecule has 0 amide bonds. The van der Waals surface area contributed by atoms with Gasteiger partial charge in [-0.1, -0.05) is 15.9 Å². The first-order chi connectivity index (χ1) is 7.29. The van der Waals surface area contributed by atoms with Gasteiger partial charge < -0.3 is 4.90 Å². The summed E-state index contributed by atoms with van der Waals surface area (Å²) in [6.07, 6.45) is 4.80. The molecule has 0 aromatic carbocycles. The van der Waals surface area contributed by atoms with Crippen molar-refractivity contribution >= 4 is 21.9 Å². The molecule has 0 spiro atoms. The fraction of sp³-hybridized carbons (Fsp3) is 0.600. The van der Waals surface area contributed by atoms with Gasteiger partial charge in [-0.25, -0.2) is 14.4 Å². The minimum atomic E-state index is -0.380. The molecule has 1 fully saturated rings. The second-order valence-electron chi connectivity index (χ2n) is 3.78. The molecule has 1 saturated heterocycles. The summed E-state index contributed by atoms with van der Waals surface area (Å²) in [6.45, 7) is 1.96. The van der Waals surface area contributed by atoms with Gasteiger partial charge in [-0.15, -0.1) is 0 Å². The molecular formula is C10H13BrFN3. The monoisotopic (exact) mass is 273 g/mol. The third-order valence-corrected chi connectivity index (χ3v) is 3.15. The van der Waals surface area contributed by atoms with Crippen molar-refractivity contribution in [1.29, 1.82) is 0 Å². The van der Waals surface area contributed by atoms with Gasteiger partial charge in [0.25, 0.3) is 0 Å². The largest absolute Gasteiger partial charge is 0.341 e. The average Bonchev–Trinajstić information content (AvgIpc) is 2.68. The number of alkyl halides is 1. The zero-order chi connectivity index (χ0) is 10.7. The molecule has 0 bridgehead atoms. The zero-order valence-electron chi connectivity index (χ0n) is 8.37. The highest BCUT2D eigenvalue weighted by Crippen LogP contribution is 2.23. The normalized spacial score (nSPS) is 20.9. The molecule has 5 heteroatoms. The third kappa shape index (κ3) is 2.65. The molecule has 15 heavy (non-hydrogen) atoms. The van der Waals surface area contributed by atoms with Crippen molar-refractivity contribution < 1.29 is 4.39 Å². The van der Waals surface area contributed by atoms with Crippen LogP contribution in [0.3, 0.4) is 0 Å². The third-order valence-electron chi connectivity index (χ3n) is 2.69. The van der Waals surface area contributed by atoms with Crippen LogP contribution in [0.25, 0.3) is 0 Å². The first-order valence-electron chi connectivity index (χ1n) is 5.08. The van der Waals surface area contributed by atoms with Crippen LogP contribution in [0, 0.1) is 11.7 Å². The van der Waals surface area contributed by atoms with Crippen molar-refractivity contribution in [2.24, 2.45) is 5.92 Å². The van der Waals surface area contributed by atoms with E-state index in [-0.39, 0.29) is 5.82 Å². The second-order valence-corrected chi connectivity index (χ2v) is 4.57. The Morgan fingerprint density at radius 1 is 1.47 bits per heavy atom. The van der Waals surface area contributed by atoms with Crippen LogP contribution in [0.15, 0.2) is 12.4 Å². The van der Waals surface area contributed by atoms with E-state index in [2.05, 4.69) is 30.8 Å². The molecule has 2 rings (SSSR count). The Kier molecular flexibility index (Phi) is 3.51. The Morgan fingerprint density at radius 2 is 2.20 bits per heavy atom. The van der Waals surface area contributed by atoms with Gasteiger partial charge >= 0.3 is 0 Å². The van der Waals surface area contributed by atoms with E-state index in [1.807, 2.05) is 0 Å². The molecular weight excluding hydrogens is 261 g/mol. The lowest BCUT2D eigenvalue weighted by atomic mass is 10.1. The van der Waals surface area contributed by atoms with E-state index in [1.54, 1.807) is 0 Å². The van der Waals surface area contributed by atoms with E-state index < -0.39 is 0 Å². The standard InChI is InChI=1S/C10H13BrFN3/c11-3-1-8-2-4-15(7-8)10-13-5-9(12)6-14-10/h5-6,8H,1-4,7H2. The Labute approximate surface area is 96.8 Å². The molecule has 1 atom stereocenters. The maximum atomic E-state index is 12.6. The van der Waals surface area contributed by atoms with E-state index in [4.69, 9.17) is 0 Å². The molecule has 2 heterocycles. The molecule has 1 aliphatic rings. The molecule has 0 saturated carbocycles. The van der Waals surface area contributed by atoms with Crippen molar-refractivity contribution in [2.75, 3.05) is 23.3 Å². The summed E-state index contributed by atoms with van der Waals surface area (Å²) in [5.74, 6) is 0.974. The van der Waals surface area contributed by atoms with Crippen LogP contribution < -0.4 is 4.90 Å². The number of nitrogens with zero attached hydrogens (tertiary/aromatic N) is 3. The summed E-state index contributed by atoms with van der Waals surface area (Å²) in [7, 11) is 0. The lowest BCUT2D eigenvalue weighted by Gasteiger charge is -2.15. The Hall–Kier alpha value is -0.710. The summed E-state index contributed by atoms with van der Waals surface area (Å²) in [4.78, 5) is 10.1. The predicted octanol–water partition coefficient (Wildman–Crippen LogP) is 2.23. The summed E-state index contributed by atoms with van der Waals surface area (Å²) >= 11 is 3.45. The van der Waals surface area contributed by atoms with Crippen molar-refractivity contribution in [3.63, 3.8) is 0 Å². The van der Waals surface area contributed by atoms with Crippen LogP contribution in [0.5, 0.6) is 0 Å². The quantitative estimate of drug-likeness (QED) is 0.791. The molecule has 1 unspecified atom stereocenters. The molecule has 3 nitrogen and oxygen atoms in total. The molecule has 0 aliphatic carbocycles. The fourth-order valence-electron chi connectivity index (χ4n) is 1.87. The molecule has 0 radical (unpaired) electrons. The summed E-state index contributed by atoms with van der Waals surface area (Å²) in [5, 5.41) is 1.04. The number of hydrogen-bond donors (Lipinski definition) is 0. The zero-order valence-corrected chi connectivity index (χ0v) is 9.95. The summed E-state index contributed by atoms with van der Waals surface area (Å²) < 4.78 is 12.6. The van der Waals surface area contributed by atoms with Gasteiger partial charge in [0.1, 0.15) is 0 Å². The number of aromatic nitrogens is 2. The van der Waals surface area contributed by atoms with E-state index in [0.717, 1.165) is 18.4 Å². The topological polar surface area (TPSA) is 29.0 Å². The number of rotatable bonds is 3. The average molecular weight is 274 g/mol. The molecule has 1 aliphatic heterocycles. The maximum absolute atomic E-state index is 12.6. The second kappa shape index (κ2) is 4.88. The van der Waals surface area contributed by atoms with Gasteiger partial charge in [-0.3, -0.25) is 0 Å². The Bertz CT molecular complexity index is 317. The smallest absolute Gasteiger partial charge is 0.225 e. The number of anilines is 1. The van der Waals surface area contributed by atoms with Gasteiger partial charge in [0.2, 0.25) is 5.95 Å². The van der Waals surface area contributed by atoms with Crippen molar-refractivity contribution in [3.05, 3.63) is 18.2 Å². The fourth-order valence-corrected chi connectivity index (χ4v) is 2.52. The van der Waals surface area contributed by atoms with E-state index in [0.29, 0.717) is 11.9 Å². The van der Waals surface area contributed by atoms with Crippen molar-refractivity contribution in [2.45, 2.75) is 12.8 Å². The Morgan fingerprint density at radius 3 is 2.87 bits per heavy atom. The minimum Gasteiger partial charge on any atom is -0.341 e. The first kappa shape index (κ1) is 10.8. The van der Waals surface area contributed by atoms with Gasteiger partial charge in [-0.05, 0) is 18.8 Å². The van der Waals surface area contributed by atoms with Crippen LogP contribution in [0.4, 0.5) is 10.3 Å². The Balaban J connectivity index is 1.98. The highest BCUT2D eigenvalue weighted by Gasteiger charge is 2.23. The van der Waals surface area contributed by atoms with E-state index in [9.17, 15) is 4.39 Å². The van der Waals surface area contributed by atoms with E-state index >= 15 is 0 Å². The minimum absolute atomic E-state index is 0.380. The van der Waals surface area contributed by atoms with E-state index in [1.165, 1.54) is 25.2 Å². The molecule has 1 aromatic rings. The predicted molar refractivity (Wildman–Crippen MR) is 60.7 cm³/mol. The van der Waals surface area contributed by atoms with Gasteiger partial charge in [0.05, 0.1) is 12.4 Å². The van der Waals surface area contributed by atoms with Crippen LogP contribution >= 0.6 is 15.9 Å². The van der Waals surface area contributed by atoms with Gasteiger partial charge in [-0.2, -0.15) is 0 Å². The number of hydrogen-bond acceptors (Lipinski definition) is 3. The first-order valence-corrected chi connectivity index (χ1v) is 6.20. The lowest BCUT2D eigenvalue weighted by Crippen LogP contribution is -2.22. The van der Waals surface area contributed by atoms with Crippen molar-refractivity contribution in [3.8, 4) is 0 Å². The highest BCUT2D eigenvalue weighted by molar-refractivity contribution is 9.09. The van der Waals surface area contributed by atoms with Crippen LogP contribution in [-0.4, -0.2) is 28.4 Å². The summed E-state index contributed by atoms with van der Waals surface area (Å²) in [6, 6.07) is 0. The number of halogens is 2. The van der Waals surface area contributed by atoms with Gasteiger partial charge in [0, 0.05) is 18.4 Å². The van der Waals surface area contributed by atoms with Gasteiger partial charge in [0.15, 0.2) is 5.82 Å². The highest BCUT2D eigenvalue weighted by atomic mass is 79.9. The summed E-state index contributed by atoms with van der Waals surface area (Å²) in [5.41, 5.74) is 0. The lowest BCUT2D eigenvalue weighted by molar-refractivity contribution is 0.574. The van der Waals surface area contributed by atoms with Crippen LogP contribution in [0.1, 0.15) is 12.8 Å². The molecule has 82 valence electrons. The van der Waals surface area contributed by atoms with Crippen LogP contribution in [-0.2, 0) is 0 Å².